The lowest BCUT2D eigenvalue weighted by Crippen LogP contribution is -2.29. The molecule has 0 saturated carbocycles. The molecule has 100 valence electrons. The van der Waals surface area contributed by atoms with E-state index in [1.807, 2.05) is 6.92 Å². The molecule has 3 nitrogen and oxygen atoms in total. The first-order chi connectivity index (χ1) is 8.58. The fraction of sp³-hybridized carbons (Fsp3) is 0.462. The van der Waals surface area contributed by atoms with Crippen molar-refractivity contribution in [2.75, 3.05) is 6.61 Å². The van der Waals surface area contributed by atoms with Crippen LogP contribution < -0.4 is 4.74 Å². The number of hydrogen-bond donors (Lipinski definition) is 0. The zero-order chi connectivity index (χ0) is 13.5. The molecule has 0 aliphatic rings. The third-order valence-corrected chi connectivity index (χ3v) is 2.26. The number of hydrogen-bond acceptors (Lipinski definition) is 3. The van der Waals surface area contributed by atoms with Gasteiger partial charge in [0, 0.05) is 6.07 Å². The normalized spacial score (nSPS) is 12.0. The van der Waals surface area contributed by atoms with E-state index in [9.17, 15) is 13.6 Å². The van der Waals surface area contributed by atoms with Crippen molar-refractivity contribution < 1.29 is 23.0 Å². The van der Waals surface area contributed by atoms with Crippen LogP contribution in [0.4, 0.5) is 8.78 Å². The van der Waals surface area contributed by atoms with E-state index in [0.29, 0.717) is 18.9 Å². The number of ether oxygens (including phenoxy) is 2. The number of esters is 1. The molecule has 1 aromatic carbocycles. The fourth-order valence-electron chi connectivity index (χ4n) is 1.45. The number of benzene rings is 1. The molecule has 0 N–H and O–H groups in total. The molecule has 1 aromatic rings. The Morgan fingerprint density at radius 1 is 1.33 bits per heavy atom. The Hall–Kier alpha value is -1.65. The highest BCUT2D eigenvalue weighted by atomic mass is 19.1. The van der Waals surface area contributed by atoms with E-state index in [0.717, 1.165) is 12.1 Å². The molecule has 0 aliphatic heterocycles. The fourth-order valence-corrected chi connectivity index (χ4v) is 1.45. The summed E-state index contributed by atoms with van der Waals surface area (Å²) in [6.45, 7) is 3.78. The topological polar surface area (TPSA) is 35.5 Å². The van der Waals surface area contributed by atoms with Crippen LogP contribution in [0.5, 0.6) is 5.75 Å². The minimum atomic E-state index is -0.866. The molecule has 5 heteroatoms. The molecular formula is C13H16F2O3. The van der Waals surface area contributed by atoms with Crippen molar-refractivity contribution in [2.45, 2.75) is 32.8 Å². The molecule has 1 atom stereocenters. The van der Waals surface area contributed by atoms with Crippen LogP contribution in [0.25, 0.3) is 0 Å². The molecule has 0 aromatic heterocycles. The maximum atomic E-state index is 13.4. The molecule has 0 spiro atoms. The van der Waals surface area contributed by atoms with Gasteiger partial charge in [0.1, 0.15) is 5.82 Å². The molecule has 18 heavy (non-hydrogen) atoms. The smallest absolute Gasteiger partial charge is 0.347 e. The van der Waals surface area contributed by atoms with E-state index < -0.39 is 23.7 Å². The largest absolute Gasteiger partial charge is 0.476 e. The van der Waals surface area contributed by atoms with Crippen molar-refractivity contribution in [3.8, 4) is 5.75 Å². The standard InChI is InChI=1S/C13H16F2O3/c1-3-5-12(13(16)17-4-2)18-11-7-6-9(14)8-10(11)15/h6-8,12H,3-5H2,1-2H3. The molecule has 0 heterocycles. The molecular weight excluding hydrogens is 242 g/mol. The molecule has 0 fully saturated rings. The van der Waals surface area contributed by atoms with Crippen LogP contribution in [0.3, 0.4) is 0 Å². The Bertz CT molecular complexity index is 407. The zero-order valence-corrected chi connectivity index (χ0v) is 10.4. The predicted molar refractivity (Wildman–Crippen MR) is 62.3 cm³/mol. The minimum Gasteiger partial charge on any atom is -0.476 e. The van der Waals surface area contributed by atoms with Gasteiger partial charge in [-0.05, 0) is 25.5 Å². The maximum Gasteiger partial charge on any atom is 0.347 e. The van der Waals surface area contributed by atoms with Gasteiger partial charge in [0.25, 0.3) is 0 Å². The average Bonchev–Trinajstić information content (AvgIpc) is 2.32. The molecule has 1 rings (SSSR count). The SMILES string of the molecule is CCCC(Oc1ccc(F)cc1F)C(=O)OCC. The molecule has 0 amide bonds. The Morgan fingerprint density at radius 3 is 2.61 bits per heavy atom. The first-order valence-electron chi connectivity index (χ1n) is 5.86. The van der Waals surface area contributed by atoms with Crippen molar-refractivity contribution in [3.63, 3.8) is 0 Å². The summed E-state index contributed by atoms with van der Waals surface area (Å²) >= 11 is 0. The van der Waals surface area contributed by atoms with Crippen LogP contribution in [0.2, 0.25) is 0 Å². The van der Waals surface area contributed by atoms with Gasteiger partial charge in [-0.15, -0.1) is 0 Å². The lowest BCUT2D eigenvalue weighted by Gasteiger charge is -2.17. The summed E-state index contributed by atoms with van der Waals surface area (Å²) in [5, 5.41) is 0. The second-order valence-corrected chi connectivity index (χ2v) is 3.72. The van der Waals surface area contributed by atoms with Crippen LogP contribution in [-0.4, -0.2) is 18.7 Å². The summed E-state index contributed by atoms with van der Waals surface area (Å²) in [6.07, 6.45) is 0.233. The van der Waals surface area contributed by atoms with E-state index in [1.165, 1.54) is 0 Å². The number of carbonyl (C=O) groups is 1. The zero-order valence-electron chi connectivity index (χ0n) is 10.4. The number of carbonyl (C=O) groups excluding carboxylic acids is 1. The molecule has 0 saturated heterocycles. The van der Waals surface area contributed by atoms with Gasteiger partial charge in [0.15, 0.2) is 17.7 Å². The highest BCUT2D eigenvalue weighted by Gasteiger charge is 2.22. The van der Waals surface area contributed by atoms with Gasteiger partial charge in [0.2, 0.25) is 0 Å². The monoisotopic (exact) mass is 258 g/mol. The van der Waals surface area contributed by atoms with Gasteiger partial charge in [-0.25, -0.2) is 13.6 Å². The summed E-state index contributed by atoms with van der Waals surface area (Å²) in [5.74, 6) is -2.21. The molecule has 0 bridgehead atoms. The Morgan fingerprint density at radius 2 is 2.06 bits per heavy atom. The van der Waals surface area contributed by atoms with E-state index in [2.05, 4.69) is 0 Å². The summed E-state index contributed by atoms with van der Waals surface area (Å²) in [4.78, 5) is 11.6. The second kappa shape index (κ2) is 6.93. The molecule has 0 radical (unpaired) electrons. The van der Waals surface area contributed by atoms with Crippen molar-refractivity contribution in [2.24, 2.45) is 0 Å². The van der Waals surface area contributed by atoms with Crippen LogP contribution >= 0.6 is 0 Å². The summed E-state index contributed by atoms with van der Waals surface area (Å²) in [7, 11) is 0. The van der Waals surface area contributed by atoms with Crippen molar-refractivity contribution in [1.29, 1.82) is 0 Å². The lowest BCUT2D eigenvalue weighted by atomic mass is 10.2. The van der Waals surface area contributed by atoms with Crippen LogP contribution in [0, 0.1) is 11.6 Å². The Balaban J connectivity index is 2.79. The Kier molecular flexibility index (Phi) is 5.55. The molecule has 1 unspecified atom stereocenters. The number of halogens is 2. The highest BCUT2D eigenvalue weighted by Crippen LogP contribution is 2.20. The van der Waals surface area contributed by atoms with Gasteiger partial charge < -0.3 is 9.47 Å². The van der Waals surface area contributed by atoms with Gasteiger partial charge >= 0.3 is 5.97 Å². The van der Waals surface area contributed by atoms with Gasteiger partial charge in [-0.3, -0.25) is 0 Å². The number of rotatable bonds is 6. The van der Waals surface area contributed by atoms with E-state index in [-0.39, 0.29) is 12.4 Å². The van der Waals surface area contributed by atoms with Gasteiger partial charge in [0.05, 0.1) is 6.61 Å². The first kappa shape index (κ1) is 14.4. The van der Waals surface area contributed by atoms with Gasteiger partial charge in [-0.2, -0.15) is 0 Å². The minimum absolute atomic E-state index is 0.150. The van der Waals surface area contributed by atoms with Crippen LogP contribution in [-0.2, 0) is 9.53 Å². The molecule has 0 aliphatic carbocycles. The third kappa shape index (κ3) is 3.98. The quantitative estimate of drug-likeness (QED) is 0.735. The van der Waals surface area contributed by atoms with Gasteiger partial charge in [-0.1, -0.05) is 13.3 Å². The predicted octanol–water partition coefficient (Wildman–Crippen LogP) is 3.08. The van der Waals surface area contributed by atoms with Crippen LogP contribution in [0.15, 0.2) is 18.2 Å². The second-order valence-electron chi connectivity index (χ2n) is 3.72. The van der Waals surface area contributed by atoms with Crippen LogP contribution in [0.1, 0.15) is 26.7 Å². The summed E-state index contributed by atoms with van der Waals surface area (Å²) < 4.78 is 36.2. The highest BCUT2D eigenvalue weighted by molar-refractivity contribution is 5.75. The lowest BCUT2D eigenvalue weighted by molar-refractivity contribution is -0.151. The Labute approximate surface area is 105 Å². The van der Waals surface area contributed by atoms with E-state index >= 15 is 0 Å². The van der Waals surface area contributed by atoms with Crippen molar-refractivity contribution in [1.82, 2.24) is 0 Å². The average molecular weight is 258 g/mol. The van der Waals surface area contributed by atoms with Crippen molar-refractivity contribution in [3.05, 3.63) is 29.8 Å². The third-order valence-electron chi connectivity index (χ3n) is 2.26. The van der Waals surface area contributed by atoms with Crippen molar-refractivity contribution >= 4 is 5.97 Å². The summed E-state index contributed by atoms with van der Waals surface area (Å²) in [5.41, 5.74) is 0. The van der Waals surface area contributed by atoms with E-state index in [1.54, 1.807) is 6.92 Å². The summed E-state index contributed by atoms with van der Waals surface area (Å²) in [6, 6.07) is 2.95. The maximum absolute atomic E-state index is 13.4. The first-order valence-corrected chi connectivity index (χ1v) is 5.86. The van der Waals surface area contributed by atoms with E-state index in [4.69, 9.17) is 9.47 Å².